The Balaban J connectivity index is 1.32. The van der Waals surface area contributed by atoms with E-state index in [1.807, 2.05) is 25.1 Å². The van der Waals surface area contributed by atoms with Crippen LogP contribution in [0, 0.1) is 0 Å². The molecule has 3 aromatic rings. The molecule has 0 spiro atoms. The number of amides is 2. The fraction of sp³-hybridized carbons (Fsp3) is 0.185. The van der Waals surface area contributed by atoms with Gasteiger partial charge in [0.2, 0.25) is 6.79 Å². The summed E-state index contributed by atoms with van der Waals surface area (Å²) in [6, 6.07) is 16.1. The summed E-state index contributed by atoms with van der Waals surface area (Å²) < 4.78 is 22.4. The van der Waals surface area contributed by atoms with Crippen molar-refractivity contribution in [1.29, 1.82) is 0 Å². The molecule has 5 rings (SSSR count). The van der Waals surface area contributed by atoms with Crippen molar-refractivity contribution < 1.29 is 28.5 Å². The van der Waals surface area contributed by atoms with Gasteiger partial charge in [-0.2, -0.15) is 0 Å². The van der Waals surface area contributed by atoms with Gasteiger partial charge in [0.15, 0.2) is 23.0 Å². The summed E-state index contributed by atoms with van der Waals surface area (Å²) in [5, 5.41) is 0.673. The quantitative estimate of drug-likeness (QED) is 0.278. The first-order valence-electron chi connectivity index (χ1n) is 11.4. The zero-order chi connectivity index (χ0) is 25.9. The molecule has 2 heterocycles. The number of carbonyl (C=O) groups excluding carboxylic acids is 2. The van der Waals surface area contributed by atoms with Crippen molar-refractivity contribution in [2.75, 3.05) is 13.4 Å². The molecule has 1 saturated heterocycles. The number of benzene rings is 3. The van der Waals surface area contributed by atoms with Gasteiger partial charge in [0.05, 0.1) is 18.1 Å². The summed E-state index contributed by atoms with van der Waals surface area (Å²) in [4.78, 5) is 27.2. The number of ether oxygens (including phenoxy) is 4. The van der Waals surface area contributed by atoms with Crippen LogP contribution in [-0.4, -0.2) is 29.4 Å². The second kappa shape index (κ2) is 11.0. The molecule has 2 aliphatic heterocycles. The Labute approximate surface area is 227 Å². The van der Waals surface area contributed by atoms with E-state index in [0.29, 0.717) is 62.3 Å². The average molecular weight is 558 g/mol. The Morgan fingerprint density at radius 2 is 1.73 bits per heavy atom. The van der Waals surface area contributed by atoms with Gasteiger partial charge in [0.25, 0.3) is 11.1 Å². The third-order valence-corrected chi connectivity index (χ3v) is 7.13. The molecule has 0 radical (unpaired) electrons. The molecular weight excluding hydrogens is 537 g/mol. The smallest absolute Gasteiger partial charge is 0.293 e. The van der Waals surface area contributed by atoms with Crippen molar-refractivity contribution in [3.8, 4) is 23.0 Å². The lowest BCUT2D eigenvalue weighted by Crippen LogP contribution is -2.27. The molecule has 0 saturated carbocycles. The number of halogens is 2. The van der Waals surface area contributed by atoms with Gasteiger partial charge >= 0.3 is 0 Å². The molecule has 1 fully saturated rings. The number of rotatable bonds is 8. The normalized spacial score (nSPS) is 15.5. The first-order chi connectivity index (χ1) is 17.9. The molecule has 0 bridgehead atoms. The number of carbonyl (C=O) groups is 2. The number of thioether (sulfide) groups is 1. The van der Waals surface area contributed by atoms with Crippen molar-refractivity contribution in [2.24, 2.45) is 0 Å². The lowest BCUT2D eigenvalue weighted by Gasteiger charge is -2.14. The largest absolute Gasteiger partial charge is 0.490 e. The highest BCUT2D eigenvalue weighted by atomic mass is 35.5. The molecule has 0 aromatic heterocycles. The Bertz CT molecular complexity index is 1390. The maximum Gasteiger partial charge on any atom is 0.293 e. The maximum absolute atomic E-state index is 13.1. The summed E-state index contributed by atoms with van der Waals surface area (Å²) in [6.07, 6.45) is 1.66. The third-order valence-electron chi connectivity index (χ3n) is 5.62. The number of imide groups is 1. The Morgan fingerprint density at radius 1 is 0.973 bits per heavy atom. The van der Waals surface area contributed by atoms with Gasteiger partial charge in [0.1, 0.15) is 6.61 Å². The van der Waals surface area contributed by atoms with Crippen LogP contribution in [0.1, 0.15) is 23.6 Å². The van der Waals surface area contributed by atoms with E-state index in [4.69, 9.17) is 42.1 Å². The van der Waals surface area contributed by atoms with E-state index in [1.165, 1.54) is 0 Å². The fourth-order valence-electron chi connectivity index (χ4n) is 3.78. The van der Waals surface area contributed by atoms with Crippen LogP contribution in [0.25, 0.3) is 6.08 Å². The van der Waals surface area contributed by atoms with Crippen molar-refractivity contribution in [2.45, 2.75) is 20.1 Å². The molecular formula is C27H21Cl2NO6S. The molecule has 0 aliphatic carbocycles. The first kappa shape index (κ1) is 25.3. The van der Waals surface area contributed by atoms with E-state index in [-0.39, 0.29) is 18.6 Å². The summed E-state index contributed by atoms with van der Waals surface area (Å²) in [6.45, 7) is 2.79. The second-order valence-electron chi connectivity index (χ2n) is 8.12. The van der Waals surface area contributed by atoms with Crippen molar-refractivity contribution in [3.05, 3.63) is 86.2 Å². The van der Waals surface area contributed by atoms with E-state index in [0.717, 1.165) is 22.2 Å². The average Bonchev–Trinajstić information content (AvgIpc) is 3.44. The predicted octanol–water partition coefficient (Wildman–Crippen LogP) is 6.94. The van der Waals surface area contributed by atoms with Crippen LogP contribution in [0.2, 0.25) is 10.0 Å². The van der Waals surface area contributed by atoms with Gasteiger partial charge in [-0.15, -0.1) is 0 Å². The minimum atomic E-state index is -0.398. The second-order valence-corrected chi connectivity index (χ2v) is 9.96. The predicted molar refractivity (Wildman–Crippen MR) is 142 cm³/mol. The summed E-state index contributed by atoms with van der Waals surface area (Å²) in [5.74, 6) is 1.78. The van der Waals surface area contributed by atoms with Crippen LogP contribution in [-0.2, 0) is 17.9 Å². The van der Waals surface area contributed by atoms with Gasteiger partial charge in [-0.25, -0.2) is 0 Å². The SMILES string of the molecule is CCOc1cc(/C=C2\SC(=O)N(Cc3cc4c(cc3Cl)OCO4)C2=O)ccc1OCc1ccc(Cl)cc1. The third kappa shape index (κ3) is 5.66. The highest BCUT2D eigenvalue weighted by molar-refractivity contribution is 8.18. The molecule has 37 heavy (non-hydrogen) atoms. The lowest BCUT2D eigenvalue weighted by atomic mass is 10.1. The minimum absolute atomic E-state index is 0.0269. The fourth-order valence-corrected chi connectivity index (χ4v) is 4.96. The molecule has 3 aromatic carbocycles. The van der Waals surface area contributed by atoms with E-state index in [1.54, 1.807) is 42.5 Å². The topological polar surface area (TPSA) is 74.3 Å². The summed E-state index contributed by atoms with van der Waals surface area (Å²) in [5.41, 5.74) is 2.26. The number of hydrogen-bond acceptors (Lipinski definition) is 7. The highest BCUT2D eigenvalue weighted by Crippen LogP contribution is 2.40. The minimum Gasteiger partial charge on any atom is -0.490 e. The van der Waals surface area contributed by atoms with Crippen LogP contribution in [0.15, 0.2) is 59.5 Å². The van der Waals surface area contributed by atoms with E-state index < -0.39 is 5.91 Å². The lowest BCUT2D eigenvalue weighted by molar-refractivity contribution is -0.123. The Kier molecular flexibility index (Phi) is 7.50. The van der Waals surface area contributed by atoms with Crippen LogP contribution in [0.3, 0.4) is 0 Å². The van der Waals surface area contributed by atoms with Gasteiger partial charge in [-0.3, -0.25) is 14.5 Å². The van der Waals surface area contributed by atoms with Crippen LogP contribution >= 0.6 is 35.0 Å². The molecule has 2 aliphatic rings. The van der Waals surface area contributed by atoms with E-state index >= 15 is 0 Å². The van der Waals surface area contributed by atoms with E-state index in [9.17, 15) is 9.59 Å². The van der Waals surface area contributed by atoms with E-state index in [2.05, 4.69) is 0 Å². The molecule has 190 valence electrons. The molecule has 2 amide bonds. The first-order valence-corrected chi connectivity index (χ1v) is 13.0. The highest BCUT2D eigenvalue weighted by Gasteiger charge is 2.35. The maximum atomic E-state index is 13.1. The standard InChI is InChI=1S/C27H21Cl2NO6S/c1-2-33-22-9-17(5-8-21(22)34-14-16-3-6-19(28)7-4-16)10-25-26(31)30(27(32)37-25)13-18-11-23-24(12-20(18)29)36-15-35-23/h3-12H,2,13-15H2,1H3/b25-10-. The molecule has 7 nitrogen and oxygen atoms in total. The molecule has 0 N–H and O–H groups in total. The Morgan fingerprint density at radius 3 is 2.49 bits per heavy atom. The molecule has 0 unspecified atom stereocenters. The monoisotopic (exact) mass is 557 g/mol. The van der Waals surface area contributed by atoms with Crippen molar-refractivity contribution in [1.82, 2.24) is 4.90 Å². The molecule has 0 atom stereocenters. The number of hydrogen-bond donors (Lipinski definition) is 0. The van der Waals surface area contributed by atoms with Crippen LogP contribution in [0.4, 0.5) is 4.79 Å². The Hall–Kier alpha value is -3.33. The zero-order valence-corrected chi connectivity index (χ0v) is 22.0. The van der Waals surface area contributed by atoms with Crippen molar-refractivity contribution >= 4 is 52.2 Å². The number of fused-ring (bicyclic) bond motifs is 1. The van der Waals surface area contributed by atoms with Crippen LogP contribution < -0.4 is 18.9 Å². The summed E-state index contributed by atoms with van der Waals surface area (Å²) >= 11 is 13.2. The zero-order valence-electron chi connectivity index (χ0n) is 19.7. The van der Waals surface area contributed by atoms with Crippen molar-refractivity contribution in [3.63, 3.8) is 0 Å². The van der Waals surface area contributed by atoms with Gasteiger partial charge in [0, 0.05) is 16.1 Å². The van der Waals surface area contributed by atoms with Gasteiger partial charge < -0.3 is 18.9 Å². The van der Waals surface area contributed by atoms with Crippen LogP contribution in [0.5, 0.6) is 23.0 Å². The number of nitrogens with zero attached hydrogens (tertiary/aromatic N) is 1. The molecule has 10 heteroatoms. The van der Waals surface area contributed by atoms with Gasteiger partial charge in [-0.05, 0) is 71.8 Å². The van der Waals surface area contributed by atoms with Gasteiger partial charge in [-0.1, -0.05) is 41.4 Å². The summed E-state index contributed by atoms with van der Waals surface area (Å²) in [7, 11) is 0.